The number of benzene rings is 1. The molecule has 0 saturated carbocycles. The monoisotopic (exact) mass is 314 g/mol. The van der Waals surface area contributed by atoms with Crippen LogP contribution in [0.2, 0.25) is 0 Å². The lowest BCUT2D eigenvalue weighted by molar-refractivity contribution is 0.0834. The van der Waals surface area contributed by atoms with E-state index in [0.29, 0.717) is 18.9 Å². The van der Waals surface area contributed by atoms with E-state index < -0.39 is 5.60 Å². The standard InChI is InChI=1S/C17H22N4O2/c1-12-9-20(4)19-15(12)18-16(22)21-10-13-7-5-6-8-14(13)23-17(2,3)11-21/h5-9H,10-11H2,1-4H3,(H,18,19,22). The van der Waals surface area contributed by atoms with Crippen LogP contribution < -0.4 is 10.1 Å². The Hall–Kier alpha value is -2.50. The van der Waals surface area contributed by atoms with Crippen LogP contribution in [0.1, 0.15) is 25.0 Å². The van der Waals surface area contributed by atoms with E-state index in [1.54, 1.807) is 9.58 Å². The summed E-state index contributed by atoms with van der Waals surface area (Å²) >= 11 is 0. The first kappa shape index (κ1) is 15.4. The lowest BCUT2D eigenvalue weighted by atomic mass is 10.1. The van der Waals surface area contributed by atoms with Crippen LogP contribution in [-0.4, -0.2) is 32.9 Å². The maximum absolute atomic E-state index is 12.7. The van der Waals surface area contributed by atoms with Crippen LogP contribution in [0.3, 0.4) is 0 Å². The third kappa shape index (κ3) is 3.31. The highest BCUT2D eigenvalue weighted by Crippen LogP contribution is 2.29. The second-order valence-electron chi connectivity index (χ2n) is 6.59. The SMILES string of the molecule is Cc1cn(C)nc1NC(=O)N1Cc2ccccc2OC(C)(C)C1. The number of aromatic nitrogens is 2. The van der Waals surface area contributed by atoms with Gasteiger partial charge in [-0.1, -0.05) is 18.2 Å². The number of carbonyl (C=O) groups excluding carboxylic acids is 1. The Morgan fingerprint density at radius 3 is 2.78 bits per heavy atom. The van der Waals surface area contributed by atoms with Gasteiger partial charge in [0, 0.05) is 24.4 Å². The summed E-state index contributed by atoms with van der Waals surface area (Å²) in [6.45, 7) is 6.91. The van der Waals surface area contributed by atoms with Gasteiger partial charge in [-0.2, -0.15) is 5.10 Å². The predicted octanol–water partition coefficient (Wildman–Crippen LogP) is 2.93. The third-order valence-corrected chi connectivity index (χ3v) is 3.82. The summed E-state index contributed by atoms with van der Waals surface area (Å²) in [6, 6.07) is 7.67. The topological polar surface area (TPSA) is 59.4 Å². The summed E-state index contributed by atoms with van der Waals surface area (Å²) in [6.07, 6.45) is 1.88. The highest BCUT2D eigenvalue weighted by atomic mass is 16.5. The molecule has 0 aliphatic carbocycles. The fraction of sp³-hybridized carbons (Fsp3) is 0.412. The molecule has 1 aromatic heterocycles. The molecule has 0 unspecified atom stereocenters. The second-order valence-corrected chi connectivity index (χ2v) is 6.59. The second kappa shape index (κ2) is 5.61. The lowest BCUT2D eigenvalue weighted by Crippen LogP contribution is -2.45. The van der Waals surface area contributed by atoms with E-state index in [1.165, 1.54) is 0 Å². The average molecular weight is 314 g/mol. The van der Waals surface area contributed by atoms with E-state index in [2.05, 4.69) is 10.4 Å². The molecular formula is C17H22N4O2. The summed E-state index contributed by atoms with van der Waals surface area (Å²) in [5.41, 5.74) is 1.49. The normalized spacial score (nSPS) is 16.3. The van der Waals surface area contributed by atoms with Crippen molar-refractivity contribution in [2.45, 2.75) is 32.9 Å². The largest absolute Gasteiger partial charge is 0.486 e. The number of urea groups is 1. The lowest BCUT2D eigenvalue weighted by Gasteiger charge is -2.29. The van der Waals surface area contributed by atoms with Gasteiger partial charge in [-0.3, -0.25) is 10.00 Å². The number of aryl methyl sites for hydroxylation is 2. The van der Waals surface area contributed by atoms with Gasteiger partial charge in [-0.15, -0.1) is 0 Å². The van der Waals surface area contributed by atoms with E-state index in [0.717, 1.165) is 16.9 Å². The van der Waals surface area contributed by atoms with Crippen molar-refractivity contribution in [3.63, 3.8) is 0 Å². The molecule has 6 heteroatoms. The van der Waals surface area contributed by atoms with Crippen molar-refractivity contribution in [2.24, 2.45) is 7.05 Å². The third-order valence-electron chi connectivity index (χ3n) is 3.82. The van der Waals surface area contributed by atoms with Gasteiger partial charge in [-0.25, -0.2) is 4.79 Å². The molecule has 0 radical (unpaired) electrons. The van der Waals surface area contributed by atoms with Crippen molar-refractivity contribution in [2.75, 3.05) is 11.9 Å². The van der Waals surface area contributed by atoms with E-state index in [1.807, 2.05) is 58.3 Å². The minimum absolute atomic E-state index is 0.167. The molecule has 1 N–H and O–H groups in total. The summed E-state index contributed by atoms with van der Waals surface area (Å²) in [5.74, 6) is 1.43. The van der Waals surface area contributed by atoms with Crippen molar-refractivity contribution < 1.29 is 9.53 Å². The molecule has 1 aliphatic rings. The number of hydrogen-bond acceptors (Lipinski definition) is 3. The molecular weight excluding hydrogens is 292 g/mol. The van der Waals surface area contributed by atoms with Crippen molar-refractivity contribution in [1.82, 2.24) is 14.7 Å². The minimum atomic E-state index is -0.455. The molecule has 3 rings (SSSR count). The van der Waals surface area contributed by atoms with Gasteiger partial charge < -0.3 is 9.64 Å². The predicted molar refractivity (Wildman–Crippen MR) is 88.5 cm³/mol. The van der Waals surface area contributed by atoms with Crippen LogP contribution in [0.15, 0.2) is 30.5 Å². The van der Waals surface area contributed by atoms with Gasteiger partial charge in [0.05, 0.1) is 13.1 Å². The molecule has 0 fully saturated rings. The molecule has 6 nitrogen and oxygen atoms in total. The van der Waals surface area contributed by atoms with Crippen LogP contribution in [-0.2, 0) is 13.6 Å². The fourth-order valence-electron chi connectivity index (χ4n) is 2.84. The van der Waals surface area contributed by atoms with Crippen molar-refractivity contribution in [3.8, 4) is 5.75 Å². The van der Waals surface area contributed by atoms with E-state index >= 15 is 0 Å². The minimum Gasteiger partial charge on any atom is -0.486 e. The number of fused-ring (bicyclic) bond motifs is 1. The van der Waals surface area contributed by atoms with Gasteiger partial charge in [0.2, 0.25) is 0 Å². The van der Waals surface area contributed by atoms with Gasteiger partial charge in [-0.05, 0) is 26.8 Å². The fourth-order valence-corrected chi connectivity index (χ4v) is 2.84. The summed E-state index contributed by atoms with van der Waals surface area (Å²) < 4.78 is 7.75. The Morgan fingerprint density at radius 2 is 2.09 bits per heavy atom. The van der Waals surface area contributed by atoms with Crippen molar-refractivity contribution >= 4 is 11.8 Å². The molecule has 2 amide bonds. The van der Waals surface area contributed by atoms with Crippen molar-refractivity contribution in [3.05, 3.63) is 41.6 Å². The zero-order chi connectivity index (χ0) is 16.6. The summed E-state index contributed by atoms with van der Waals surface area (Å²) in [4.78, 5) is 14.5. The molecule has 0 saturated heterocycles. The number of amides is 2. The first-order chi connectivity index (χ1) is 10.8. The quantitative estimate of drug-likeness (QED) is 0.880. The number of nitrogens with one attached hydrogen (secondary N) is 1. The number of nitrogens with zero attached hydrogens (tertiary/aromatic N) is 3. The highest BCUT2D eigenvalue weighted by molar-refractivity contribution is 5.89. The zero-order valence-corrected chi connectivity index (χ0v) is 14.0. The van der Waals surface area contributed by atoms with Gasteiger partial charge >= 0.3 is 6.03 Å². The van der Waals surface area contributed by atoms with Crippen LogP contribution in [0, 0.1) is 6.92 Å². The number of hydrogen-bond donors (Lipinski definition) is 1. The Morgan fingerprint density at radius 1 is 1.35 bits per heavy atom. The molecule has 0 spiro atoms. The zero-order valence-electron chi connectivity index (χ0n) is 14.0. The Balaban J connectivity index is 1.84. The van der Waals surface area contributed by atoms with Gasteiger partial charge in [0.25, 0.3) is 0 Å². The first-order valence-electron chi connectivity index (χ1n) is 7.67. The molecule has 1 aromatic carbocycles. The molecule has 1 aliphatic heterocycles. The summed E-state index contributed by atoms with van der Waals surface area (Å²) in [7, 11) is 1.84. The number of anilines is 1. The van der Waals surface area contributed by atoms with E-state index in [4.69, 9.17) is 4.74 Å². The molecule has 0 atom stereocenters. The summed E-state index contributed by atoms with van der Waals surface area (Å²) in [5, 5.41) is 7.17. The van der Waals surface area contributed by atoms with Crippen LogP contribution in [0.5, 0.6) is 5.75 Å². The van der Waals surface area contributed by atoms with E-state index in [-0.39, 0.29) is 6.03 Å². The first-order valence-corrected chi connectivity index (χ1v) is 7.67. The van der Waals surface area contributed by atoms with Crippen LogP contribution in [0.4, 0.5) is 10.6 Å². The van der Waals surface area contributed by atoms with Gasteiger partial charge in [0.1, 0.15) is 11.4 Å². The van der Waals surface area contributed by atoms with Crippen LogP contribution in [0.25, 0.3) is 0 Å². The Kier molecular flexibility index (Phi) is 3.75. The molecule has 0 bridgehead atoms. The maximum Gasteiger partial charge on any atom is 0.323 e. The Labute approximate surface area is 136 Å². The van der Waals surface area contributed by atoms with Crippen molar-refractivity contribution in [1.29, 1.82) is 0 Å². The smallest absolute Gasteiger partial charge is 0.323 e. The van der Waals surface area contributed by atoms with E-state index in [9.17, 15) is 4.79 Å². The van der Waals surface area contributed by atoms with Gasteiger partial charge in [0.15, 0.2) is 5.82 Å². The molecule has 23 heavy (non-hydrogen) atoms. The number of carbonyl (C=O) groups is 1. The molecule has 2 heterocycles. The van der Waals surface area contributed by atoms with Crippen LogP contribution >= 0.6 is 0 Å². The number of ether oxygens (including phenoxy) is 1. The molecule has 122 valence electrons. The highest BCUT2D eigenvalue weighted by Gasteiger charge is 2.31. The molecule has 2 aromatic rings. The average Bonchev–Trinajstić information content (AvgIpc) is 2.69. The Bertz CT molecular complexity index is 736. The number of rotatable bonds is 1. The number of para-hydroxylation sites is 1. The maximum atomic E-state index is 12.7.